The van der Waals surface area contributed by atoms with E-state index in [0.717, 1.165) is 44.9 Å². The highest BCUT2D eigenvalue weighted by atomic mass is 35.5. The second-order valence-electron chi connectivity index (χ2n) is 6.14. The first-order valence-corrected chi connectivity index (χ1v) is 8.79. The molecule has 0 aliphatic carbocycles. The van der Waals surface area contributed by atoms with Gasteiger partial charge in [-0.1, -0.05) is 23.7 Å². The van der Waals surface area contributed by atoms with Gasteiger partial charge in [0.25, 0.3) is 5.91 Å². The third-order valence-electron chi connectivity index (χ3n) is 4.41. The summed E-state index contributed by atoms with van der Waals surface area (Å²) in [5.41, 5.74) is 1.85. The van der Waals surface area contributed by atoms with Gasteiger partial charge in [-0.15, -0.1) is 0 Å². The summed E-state index contributed by atoms with van der Waals surface area (Å²) < 4.78 is 5.20. The fourth-order valence-corrected chi connectivity index (χ4v) is 3.21. The summed E-state index contributed by atoms with van der Waals surface area (Å²) >= 11 is 5.90. The molecule has 2 heterocycles. The van der Waals surface area contributed by atoms with Crippen LogP contribution >= 0.6 is 11.6 Å². The molecule has 1 fully saturated rings. The van der Waals surface area contributed by atoms with Gasteiger partial charge < -0.3 is 9.64 Å². The standard InChI is InChI=1S/C19H22ClN3O2/c1-25-17-5-3-15(4-6-17)14-22-9-2-10-23(12-11-22)19(24)16-7-8-21-18(20)13-16/h3-8,13H,2,9-12,14H2,1H3. The van der Waals surface area contributed by atoms with Gasteiger partial charge in [0.2, 0.25) is 0 Å². The van der Waals surface area contributed by atoms with Gasteiger partial charge in [-0.05, 0) is 36.2 Å². The van der Waals surface area contributed by atoms with Crippen LogP contribution in [-0.4, -0.2) is 54.0 Å². The normalized spacial score (nSPS) is 15.7. The van der Waals surface area contributed by atoms with E-state index in [1.807, 2.05) is 17.0 Å². The van der Waals surface area contributed by atoms with E-state index in [1.54, 1.807) is 25.4 Å². The van der Waals surface area contributed by atoms with Gasteiger partial charge in [0.05, 0.1) is 7.11 Å². The SMILES string of the molecule is COc1ccc(CN2CCCN(C(=O)c3ccnc(Cl)c3)CC2)cc1. The van der Waals surface area contributed by atoms with Crippen molar-refractivity contribution in [2.45, 2.75) is 13.0 Å². The second-order valence-corrected chi connectivity index (χ2v) is 6.52. The monoisotopic (exact) mass is 359 g/mol. The van der Waals surface area contributed by atoms with Crippen molar-refractivity contribution >= 4 is 17.5 Å². The van der Waals surface area contributed by atoms with Crippen LogP contribution < -0.4 is 4.74 Å². The molecule has 0 spiro atoms. The van der Waals surface area contributed by atoms with Gasteiger partial charge in [0.1, 0.15) is 10.9 Å². The predicted octanol–water partition coefficient (Wildman–Crippen LogP) is 3.09. The topological polar surface area (TPSA) is 45.7 Å². The zero-order valence-electron chi connectivity index (χ0n) is 14.3. The van der Waals surface area contributed by atoms with Crippen molar-refractivity contribution in [3.63, 3.8) is 0 Å². The Morgan fingerprint density at radius 2 is 1.96 bits per heavy atom. The lowest BCUT2D eigenvalue weighted by Crippen LogP contribution is -2.35. The van der Waals surface area contributed by atoms with E-state index in [4.69, 9.17) is 16.3 Å². The minimum atomic E-state index is 0.0237. The predicted molar refractivity (Wildman–Crippen MR) is 98.0 cm³/mol. The molecule has 1 aromatic heterocycles. The molecule has 0 unspecified atom stereocenters. The van der Waals surface area contributed by atoms with Crippen LogP contribution in [-0.2, 0) is 6.54 Å². The molecule has 1 aromatic carbocycles. The third-order valence-corrected chi connectivity index (χ3v) is 4.62. The van der Waals surface area contributed by atoms with Crippen LogP contribution in [0.5, 0.6) is 5.75 Å². The number of carbonyl (C=O) groups is 1. The average Bonchev–Trinajstić information content (AvgIpc) is 2.87. The molecule has 0 bridgehead atoms. The number of hydrogen-bond acceptors (Lipinski definition) is 4. The highest BCUT2D eigenvalue weighted by molar-refractivity contribution is 6.29. The first-order chi connectivity index (χ1) is 12.2. The Hall–Kier alpha value is -2.11. The quantitative estimate of drug-likeness (QED) is 0.787. The van der Waals surface area contributed by atoms with E-state index in [2.05, 4.69) is 22.0 Å². The molecule has 25 heavy (non-hydrogen) atoms. The molecule has 0 atom stereocenters. The molecular formula is C19H22ClN3O2. The average molecular weight is 360 g/mol. The van der Waals surface area contributed by atoms with Crippen molar-refractivity contribution in [3.8, 4) is 5.75 Å². The Kier molecular flexibility index (Phi) is 5.89. The molecule has 2 aromatic rings. The van der Waals surface area contributed by atoms with E-state index in [1.165, 1.54) is 5.56 Å². The molecule has 3 rings (SSSR count). The van der Waals surface area contributed by atoms with Crippen LogP contribution in [0.2, 0.25) is 5.15 Å². The maximum absolute atomic E-state index is 12.6. The first kappa shape index (κ1) is 17.7. The Labute approximate surface area is 153 Å². The van der Waals surface area contributed by atoms with E-state index in [0.29, 0.717) is 10.7 Å². The molecule has 132 valence electrons. The van der Waals surface area contributed by atoms with Gasteiger partial charge in [0, 0.05) is 44.5 Å². The van der Waals surface area contributed by atoms with E-state index in [9.17, 15) is 4.79 Å². The molecule has 6 heteroatoms. The largest absolute Gasteiger partial charge is 0.497 e. The number of halogens is 1. The summed E-state index contributed by atoms with van der Waals surface area (Å²) in [6.07, 6.45) is 2.53. The van der Waals surface area contributed by atoms with Crippen molar-refractivity contribution in [2.24, 2.45) is 0 Å². The van der Waals surface area contributed by atoms with Gasteiger partial charge in [-0.3, -0.25) is 9.69 Å². The van der Waals surface area contributed by atoms with Crippen LogP contribution in [0.1, 0.15) is 22.3 Å². The number of hydrogen-bond donors (Lipinski definition) is 0. The summed E-state index contributed by atoms with van der Waals surface area (Å²) in [7, 11) is 1.67. The fourth-order valence-electron chi connectivity index (χ4n) is 3.04. The summed E-state index contributed by atoms with van der Waals surface area (Å²) in [4.78, 5) is 20.9. The van der Waals surface area contributed by atoms with Crippen molar-refractivity contribution in [1.82, 2.24) is 14.8 Å². The molecule has 1 aliphatic rings. The Bertz CT molecular complexity index is 721. The first-order valence-electron chi connectivity index (χ1n) is 8.42. The van der Waals surface area contributed by atoms with Crippen LogP contribution in [0.3, 0.4) is 0 Å². The van der Waals surface area contributed by atoms with Gasteiger partial charge in [-0.25, -0.2) is 4.98 Å². The smallest absolute Gasteiger partial charge is 0.254 e. The highest BCUT2D eigenvalue weighted by Crippen LogP contribution is 2.16. The zero-order valence-corrected chi connectivity index (χ0v) is 15.1. The van der Waals surface area contributed by atoms with Crippen LogP contribution in [0.25, 0.3) is 0 Å². The van der Waals surface area contributed by atoms with E-state index < -0.39 is 0 Å². The molecule has 0 radical (unpaired) electrons. The lowest BCUT2D eigenvalue weighted by atomic mass is 10.2. The number of amides is 1. The Morgan fingerprint density at radius 3 is 2.68 bits per heavy atom. The maximum atomic E-state index is 12.6. The molecule has 1 amide bonds. The number of ether oxygens (including phenoxy) is 1. The summed E-state index contributed by atoms with van der Waals surface area (Å²) in [6.45, 7) is 4.20. The Balaban J connectivity index is 1.59. The van der Waals surface area contributed by atoms with Crippen LogP contribution in [0, 0.1) is 0 Å². The summed E-state index contributed by atoms with van der Waals surface area (Å²) in [6, 6.07) is 11.5. The lowest BCUT2D eigenvalue weighted by molar-refractivity contribution is 0.0761. The Morgan fingerprint density at radius 1 is 1.16 bits per heavy atom. The van der Waals surface area contributed by atoms with Gasteiger partial charge in [0.15, 0.2) is 0 Å². The number of pyridine rings is 1. The molecular weight excluding hydrogens is 338 g/mol. The molecule has 1 saturated heterocycles. The number of nitrogens with zero attached hydrogens (tertiary/aromatic N) is 3. The van der Waals surface area contributed by atoms with Crippen molar-refractivity contribution in [2.75, 3.05) is 33.3 Å². The molecule has 1 aliphatic heterocycles. The second kappa shape index (κ2) is 8.32. The molecule has 0 saturated carbocycles. The van der Waals surface area contributed by atoms with Crippen molar-refractivity contribution in [3.05, 3.63) is 58.9 Å². The minimum Gasteiger partial charge on any atom is -0.497 e. The lowest BCUT2D eigenvalue weighted by Gasteiger charge is -2.22. The minimum absolute atomic E-state index is 0.0237. The van der Waals surface area contributed by atoms with E-state index in [-0.39, 0.29) is 5.91 Å². The van der Waals surface area contributed by atoms with Crippen molar-refractivity contribution in [1.29, 1.82) is 0 Å². The fraction of sp³-hybridized carbons (Fsp3) is 0.368. The number of aromatic nitrogens is 1. The molecule has 5 nitrogen and oxygen atoms in total. The summed E-state index contributed by atoms with van der Waals surface area (Å²) in [5, 5.41) is 0.349. The number of benzene rings is 1. The number of methoxy groups -OCH3 is 1. The molecule has 0 N–H and O–H groups in total. The van der Waals surface area contributed by atoms with Crippen LogP contribution in [0.15, 0.2) is 42.6 Å². The number of rotatable bonds is 4. The van der Waals surface area contributed by atoms with Crippen LogP contribution in [0.4, 0.5) is 0 Å². The third kappa shape index (κ3) is 4.71. The number of carbonyl (C=O) groups excluding carboxylic acids is 1. The summed E-state index contributed by atoms with van der Waals surface area (Å²) in [5.74, 6) is 0.892. The van der Waals surface area contributed by atoms with Gasteiger partial charge >= 0.3 is 0 Å². The maximum Gasteiger partial charge on any atom is 0.254 e. The van der Waals surface area contributed by atoms with E-state index >= 15 is 0 Å². The zero-order chi connectivity index (χ0) is 17.6. The van der Waals surface area contributed by atoms with Gasteiger partial charge in [-0.2, -0.15) is 0 Å². The highest BCUT2D eigenvalue weighted by Gasteiger charge is 2.20. The van der Waals surface area contributed by atoms with Crippen molar-refractivity contribution < 1.29 is 9.53 Å².